The average Bonchev–Trinajstić information content (AvgIpc) is 3.40. The Balaban J connectivity index is 1.38. The molecule has 0 heterocycles. The fourth-order valence-corrected chi connectivity index (χ4v) is 10.9. The van der Waals surface area contributed by atoms with E-state index in [4.69, 9.17) is 37.9 Å². The maximum absolute atomic E-state index is 12.7. The molecule has 16 nitrogen and oxygen atoms in total. The normalized spacial score (nSPS) is 15.3. The summed E-state index contributed by atoms with van der Waals surface area (Å²) in [6.07, 6.45) is 8.51. The van der Waals surface area contributed by atoms with Crippen molar-refractivity contribution in [3.05, 3.63) is 115 Å². The third-order valence-electron chi connectivity index (χ3n) is 14.6. The van der Waals surface area contributed by atoms with Crippen LogP contribution in [0.25, 0.3) is 0 Å². The van der Waals surface area contributed by atoms with Gasteiger partial charge in [-0.15, -0.1) is 0 Å². The summed E-state index contributed by atoms with van der Waals surface area (Å²) in [5, 5.41) is 0. The molecule has 0 aliphatic heterocycles. The number of esters is 4. The zero-order chi connectivity index (χ0) is 52.3. The minimum Gasteiger partial charge on any atom is -0.481 e. The quantitative estimate of drug-likeness (QED) is 0.0439. The molecule has 0 unspecified atom stereocenters. The van der Waals surface area contributed by atoms with Gasteiger partial charge in [-0.1, -0.05) is 24.3 Å². The van der Waals surface area contributed by atoms with Crippen LogP contribution >= 0.6 is 0 Å². The summed E-state index contributed by atoms with van der Waals surface area (Å²) in [4.78, 5) is 99.1. The second kappa shape index (κ2) is 23.7. The lowest BCUT2D eigenvalue weighted by molar-refractivity contribution is -0.143. The van der Waals surface area contributed by atoms with Crippen LogP contribution in [0.2, 0.25) is 0 Å². The molecule has 0 radical (unpaired) electrons. The smallest absolute Gasteiger partial charge is 0.343 e. The van der Waals surface area contributed by atoms with Crippen LogP contribution in [0, 0.1) is 39.5 Å². The lowest BCUT2D eigenvalue weighted by atomic mass is 9.56. The van der Waals surface area contributed by atoms with Gasteiger partial charge in [-0.25, -0.2) is 19.2 Å². The molecule has 0 aromatic heterocycles. The first kappa shape index (κ1) is 54.0. The van der Waals surface area contributed by atoms with Crippen molar-refractivity contribution in [1.82, 2.24) is 0 Å². The zero-order valence-corrected chi connectivity index (χ0v) is 42.1. The number of methoxy groups -OCH3 is 4. The highest BCUT2D eigenvalue weighted by molar-refractivity contribution is 5.85. The predicted octanol–water partition coefficient (Wildman–Crippen LogP) is 8.03. The molecule has 0 saturated heterocycles. The summed E-state index contributed by atoms with van der Waals surface area (Å²) in [5.74, 6) is -0.799. The topological polar surface area (TPSA) is 210 Å². The molecule has 2 fully saturated rings. The second-order valence-corrected chi connectivity index (χ2v) is 18.6. The van der Waals surface area contributed by atoms with E-state index in [1.165, 1.54) is 28.4 Å². The Bertz CT molecular complexity index is 2370. The third-order valence-corrected chi connectivity index (χ3v) is 14.6. The van der Waals surface area contributed by atoms with E-state index in [9.17, 15) is 38.4 Å². The monoisotopic (exact) mass is 990 g/mol. The molecule has 0 amide bonds. The number of aldehydes is 4. The maximum Gasteiger partial charge on any atom is 0.343 e. The van der Waals surface area contributed by atoms with E-state index in [-0.39, 0.29) is 83.5 Å². The molecule has 4 aromatic rings. The molecule has 0 bridgehead atoms. The molecule has 0 N–H and O–H groups in total. The Labute approximate surface area is 418 Å². The van der Waals surface area contributed by atoms with E-state index in [0.29, 0.717) is 73.1 Å². The number of carbonyl (C=O) groups excluding carboxylic acids is 8. The summed E-state index contributed by atoms with van der Waals surface area (Å²) in [6, 6.07) is 15.0. The average molecular weight is 991 g/mol. The Morgan fingerprint density at radius 3 is 0.792 bits per heavy atom. The van der Waals surface area contributed by atoms with Crippen molar-refractivity contribution in [1.29, 1.82) is 0 Å². The van der Waals surface area contributed by atoms with Crippen molar-refractivity contribution in [2.45, 2.75) is 89.9 Å². The summed E-state index contributed by atoms with van der Waals surface area (Å²) in [7, 11) is 5.01. The van der Waals surface area contributed by atoms with Crippen LogP contribution in [0.3, 0.4) is 0 Å². The molecule has 2 aliphatic rings. The number of hydrogen-bond donors (Lipinski definition) is 0. The molecule has 16 heteroatoms. The molecular weight excluding hydrogens is 929 g/mol. The van der Waals surface area contributed by atoms with Gasteiger partial charge in [0.15, 0.2) is 51.6 Å². The highest BCUT2D eigenvalue weighted by Gasteiger charge is 2.46. The summed E-state index contributed by atoms with van der Waals surface area (Å²) < 4.78 is 42.3. The van der Waals surface area contributed by atoms with Gasteiger partial charge >= 0.3 is 23.9 Å². The first-order valence-electron chi connectivity index (χ1n) is 23.7. The Hall–Kier alpha value is -7.36. The Morgan fingerprint density at radius 2 is 0.611 bits per heavy atom. The van der Waals surface area contributed by atoms with Gasteiger partial charge in [-0.05, 0) is 160 Å². The van der Waals surface area contributed by atoms with E-state index < -0.39 is 34.7 Å². The molecule has 2 aliphatic carbocycles. The molecule has 6 rings (SSSR count). The zero-order valence-electron chi connectivity index (χ0n) is 42.1. The first-order valence-corrected chi connectivity index (χ1v) is 23.7. The Morgan fingerprint density at radius 1 is 0.403 bits per heavy atom. The van der Waals surface area contributed by atoms with Crippen LogP contribution in [-0.2, 0) is 49.0 Å². The fourth-order valence-electron chi connectivity index (χ4n) is 10.9. The van der Waals surface area contributed by atoms with Gasteiger partial charge in [-0.3, -0.25) is 19.2 Å². The fraction of sp³-hybridized carbons (Fsp3) is 0.429. The molecule has 4 aromatic carbocycles. The van der Waals surface area contributed by atoms with Crippen molar-refractivity contribution in [2.24, 2.45) is 11.8 Å². The van der Waals surface area contributed by atoms with Gasteiger partial charge in [0.2, 0.25) is 0 Å². The van der Waals surface area contributed by atoms with Crippen molar-refractivity contribution >= 4 is 49.0 Å². The lowest BCUT2D eigenvalue weighted by Gasteiger charge is -2.47. The van der Waals surface area contributed by atoms with Crippen LogP contribution in [-0.4, -0.2) is 104 Å². The predicted molar refractivity (Wildman–Crippen MR) is 262 cm³/mol. The van der Waals surface area contributed by atoms with Crippen LogP contribution in [0.4, 0.5) is 0 Å². The van der Waals surface area contributed by atoms with Gasteiger partial charge in [0, 0.05) is 10.8 Å². The van der Waals surface area contributed by atoms with Gasteiger partial charge < -0.3 is 37.9 Å². The molecule has 72 heavy (non-hydrogen) atoms. The SMILES string of the molecule is COC(=O)COc1c(C)cc(C2(c3cc(C)c(OCC(=O)OC)c(C=O)c3)CCC(C3CCC(c4cc(C)c(OCC(=O)OC)c(C=O)c4)(c4cc(C)c(OCC(=O)OC)c(C=O)c4)CC3)CC2)cc1C=O. The van der Waals surface area contributed by atoms with Crippen molar-refractivity contribution in [3.63, 3.8) is 0 Å². The van der Waals surface area contributed by atoms with E-state index in [1.54, 1.807) is 24.3 Å². The summed E-state index contributed by atoms with van der Waals surface area (Å²) in [6.45, 7) is 5.72. The molecular formula is C56H62O16. The van der Waals surface area contributed by atoms with E-state index >= 15 is 0 Å². The van der Waals surface area contributed by atoms with Gasteiger partial charge in [0.25, 0.3) is 0 Å². The number of benzene rings is 4. The van der Waals surface area contributed by atoms with Crippen molar-refractivity contribution < 1.29 is 76.3 Å². The minimum absolute atomic E-state index is 0.261. The Kier molecular flexibility index (Phi) is 17.8. The third kappa shape index (κ3) is 11.4. The van der Waals surface area contributed by atoms with Gasteiger partial charge in [-0.2, -0.15) is 0 Å². The number of aryl methyl sites for hydroxylation is 4. The number of hydrogen-bond acceptors (Lipinski definition) is 16. The van der Waals surface area contributed by atoms with E-state index in [2.05, 4.69) is 0 Å². The molecule has 0 spiro atoms. The summed E-state index contributed by atoms with van der Waals surface area (Å²) in [5.41, 5.74) is 5.58. The lowest BCUT2D eigenvalue weighted by Crippen LogP contribution is -2.39. The minimum atomic E-state index is -0.692. The first-order chi connectivity index (χ1) is 34.5. The van der Waals surface area contributed by atoms with Crippen molar-refractivity contribution in [3.8, 4) is 23.0 Å². The molecule has 0 atom stereocenters. The van der Waals surface area contributed by atoms with Gasteiger partial charge in [0.1, 0.15) is 23.0 Å². The van der Waals surface area contributed by atoms with Crippen LogP contribution in [0.1, 0.15) is 137 Å². The standard InChI is InChI=1S/C56H62O16/c1-33-17-43(21-39(25-57)51(33)69-29-47(61)65-5)55(44-18-34(2)52(40(22-44)26-58)70-30-48(62)66-6)13-9-37(10-14-55)38-11-15-56(16-12-38,45-19-35(3)53(41(23-45)27-59)71-31-49(63)67-7)46-20-36(4)54(42(24-46)28-60)72-32-50(64)68-8/h17-28,37-38H,9-16,29-32H2,1-8H3. The van der Waals surface area contributed by atoms with Crippen LogP contribution in [0.5, 0.6) is 23.0 Å². The molecule has 2 saturated carbocycles. The second-order valence-electron chi connectivity index (χ2n) is 18.6. The number of rotatable bonds is 21. The maximum atomic E-state index is 12.7. The van der Waals surface area contributed by atoms with Crippen LogP contribution < -0.4 is 18.9 Å². The van der Waals surface area contributed by atoms with E-state index in [0.717, 1.165) is 47.9 Å². The summed E-state index contributed by atoms with van der Waals surface area (Å²) >= 11 is 0. The van der Waals surface area contributed by atoms with Crippen molar-refractivity contribution in [2.75, 3.05) is 54.9 Å². The van der Waals surface area contributed by atoms with Crippen LogP contribution in [0.15, 0.2) is 48.5 Å². The largest absolute Gasteiger partial charge is 0.481 e. The van der Waals surface area contributed by atoms with Gasteiger partial charge in [0.05, 0.1) is 50.7 Å². The highest BCUT2D eigenvalue weighted by atomic mass is 16.6. The van der Waals surface area contributed by atoms with E-state index in [1.807, 2.05) is 52.0 Å². The highest BCUT2D eigenvalue weighted by Crippen LogP contribution is 2.55. The number of carbonyl (C=O) groups is 8. The molecule has 382 valence electrons. The number of ether oxygens (including phenoxy) is 8.